The minimum absolute atomic E-state index is 0.00774. The highest BCUT2D eigenvalue weighted by Crippen LogP contribution is 2.17. The number of nitrogens with two attached hydrogens (primary N) is 1. The second-order valence-corrected chi connectivity index (χ2v) is 7.59. The molecule has 3 rings (SSSR count). The highest BCUT2D eigenvalue weighted by Gasteiger charge is 2.13. The largest absolute Gasteiger partial charge is 0.497 e. The van der Waals surface area contributed by atoms with Crippen molar-refractivity contribution in [3.05, 3.63) is 99.0 Å². The molecule has 1 aromatic heterocycles. The van der Waals surface area contributed by atoms with Crippen LogP contribution < -0.4 is 26.8 Å². The van der Waals surface area contributed by atoms with Crippen molar-refractivity contribution in [3.63, 3.8) is 0 Å². The molecule has 2 aromatic carbocycles. The third kappa shape index (κ3) is 5.98. The minimum Gasteiger partial charge on any atom is -0.497 e. The third-order valence-electron chi connectivity index (χ3n) is 5.41. The van der Waals surface area contributed by atoms with Gasteiger partial charge in [0.15, 0.2) is 0 Å². The summed E-state index contributed by atoms with van der Waals surface area (Å²) in [6.07, 6.45) is 2.50. The number of aromatic nitrogens is 1. The molecule has 0 aliphatic heterocycles. The van der Waals surface area contributed by atoms with Crippen LogP contribution in [-0.4, -0.2) is 24.2 Å². The Bertz CT molecular complexity index is 1110. The van der Waals surface area contributed by atoms with Gasteiger partial charge >= 0.3 is 0 Å². The quantitative estimate of drug-likeness (QED) is 0.455. The minimum atomic E-state index is -0.224. The average molecular weight is 435 g/mol. The van der Waals surface area contributed by atoms with Crippen molar-refractivity contribution < 1.29 is 9.53 Å². The maximum absolute atomic E-state index is 12.9. The highest BCUT2D eigenvalue weighted by atomic mass is 16.5. The van der Waals surface area contributed by atoms with Gasteiger partial charge in [-0.15, -0.1) is 0 Å². The number of hydrogen-bond donors (Lipinski definition) is 3. The van der Waals surface area contributed by atoms with Crippen LogP contribution in [0.25, 0.3) is 0 Å². The summed E-state index contributed by atoms with van der Waals surface area (Å²) in [5.41, 5.74) is 13.0. The first-order chi connectivity index (χ1) is 15.5. The Kier molecular flexibility index (Phi) is 8.05. The van der Waals surface area contributed by atoms with Crippen LogP contribution in [0, 0.1) is 6.92 Å². The van der Waals surface area contributed by atoms with Gasteiger partial charge in [-0.2, -0.15) is 0 Å². The van der Waals surface area contributed by atoms with Gasteiger partial charge in [0.25, 0.3) is 5.56 Å². The van der Waals surface area contributed by atoms with E-state index < -0.39 is 0 Å². The van der Waals surface area contributed by atoms with Crippen LogP contribution in [0.4, 0.5) is 0 Å². The van der Waals surface area contributed by atoms with Crippen molar-refractivity contribution in [2.45, 2.75) is 32.9 Å². The molecule has 1 heterocycles. The zero-order chi connectivity index (χ0) is 22.9. The molecule has 4 N–H and O–H groups in total. The Balaban J connectivity index is 1.63. The van der Waals surface area contributed by atoms with Crippen LogP contribution in [-0.2, 0) is 30.7 Å². The van der Waals surface area contributed by atoms with Crippen molar-refractivity contribution in [1.82, 2.24) is 9.99 Å². The maximum Gasteiger partial charge on any atom is 0.272 e. The summed E-state index contributed by atoms with van der Waals surface area (Å²) < 4.78 is 6.71. The smallest absolute Gasteiger partial charge is 0.272 e. The number of carbonyl (C=O) groups excluding carboxylic acids is 1. The monoisotopic (exact) mass is 434 g/mol. The number of hydrogen-bond acceptors (Lipinski definition) is 5. The van der Waals surface area contributed by atoms with Gasteiger partial charge in [-0.1, -0.05) is 36.4 Å². The number of benzene rings is 2. The Morgan fingerprint density at radius 2 is 1.88 bits per heavy atom. The summed E-state index contributed by atoms with van der Waals surface area (Å²) in [4.78, 5) is 25.5. The zero-order valence-corrected chi connectivity index (χ0v) is 18.6. The first kappa shape index (κ1) is 23.1. The number of ether oxygens (including phenoxy) is 1. The van der Waals surface area contributed by atoms with Crippen LogP contribution >= 0.6 is 0 Å². The number of methoxy groups -OCH3 is 1. The van der Waals surface area contributed by atoms with E-state index in [9.17, 15) is 9.59 Å². The van der Waals surface area contributed by atoms with Crippen molar-refractivity contribution in [3.8, 4) is 5.75 Å². The van der Waals surface area contributed by atoms with E-state index >= 15 is 0 Å². The van der Waals surface area contributed by atoms with Crippen LogP contribution in [0.3, 0.4) is 0 Å². The van der Waals surface area contributed by atoms with E-state index in [2.05, 4.69) is 10.7 Å². The molecule has 0 unspecified atom stereocenters. The summed E-state index contributed by atoms with van der Waals surface area (Å²) in [6.45, 7) is 3.13. The first-order valence-corrected chi connectivity index (χ1v) is 10.6. The molecule has 3 aromatic rings. The van der Waals surface area contributed by atoms with Gasteiger partial charge in [0.2, 0.25) is 5.91 Å². The number of carbonyl (C=O) groups is 1. The molecule has 32 heavy (non-hydrogen) atoms. The van der Waals surface area contributed by atoms with Crippen LogP contribution in [0.5, 0.6) is 5.75 Å². The van der Waals surface area contributed by atoms with E-state index in [0.29, 0.717) is 30.9 Å². The van der Waals surface area contributed by atoms with E-state index in [4.69, 9.17) is 10.5 Å². The Hall–Kier alpha value is -3.58. The summed E-state index contributed by atoms with van der Waals surface area (Å²) in [6, 6.07) is 17.5. The lowest BCUT2D eigenvalue weighted by molar-refractivity contribution is -0.120. The molecule has 0 saturated heterocycles. The van der Waals surface area contributed by atoms with Crippen molar-refractivity contribution in [2.75, 3.05) is 19.1 Å². The van der Waals surface area contributed by atoms with Crippen LogP contribution in [0.1, 0.15) is 27.8 Å². The second kappa shape index (κ2) is 11.2. The van der Waals surface area contributed by atoms with Gasteiger partial charge in [-0.3, -0.25) is 9.59 Å². The molecule has 0 spiro atoms. The van der Waals surface area contributed by atoms with Crippen molar-refractivity contribution >= 4 is 5.91 Å². The van der Waals surface area contributed by atoms with Crippen molar-refractivity contribution in [2.24, 2.45) is 5.73 Å². The maximum atomic E-state index is 12.9. The fourth-order valence-electron chi connectivity index (χ4n) is 3.48. The Morgan fingerprint density at radius 1 is 1.09 bits per heavy atom. The highest BCUT2D eigenvalue weighted by molar-refractivity contribution is 5.78. The molecular formula is C25H30N4O3. The summed E-state index contributed by atoms with van der Waals surface area (Å²) >= 11 is 0. The first-order valence-electron chi connectivity index (χ1n) is 10.6. The van der Waals surface area contributed by atoms with Gasteiger partial charge in [-0.05, 0) is 53.8 Å². The van der Waals surface area contributed by atoms with Gasteiger partial charge in [0.05, 0.1) is 13.5 Å². The van der Waals surface area contributed by atoms with E-state index in [1.54, 1.807) is 13.3 Å². The molecule has 0 aliphatic rings. The van der Waals surface area contributed by atoms with Gasteiger partial charge in [-0.25, -0.2) is 4.68 Å². The molecule has 0 radical (unpaired) electrons. The lowest BCUT2D eigenvalue weighted by Crippen LogP contribution is -2.35. The molecule has 7 heteroatoms. The number of amides is 1. The van der Waals surface area contributed by atoms with Crippen LogP contribution in [0.15, 0.2) is 65.6 Å². The number of aryl methyl sites for hydroxylation is 1. The van der Waals surface area contributed by atoms with Crippen molar-refractivity contribution in [1.29, 1.82) is 0 Å². The zero-order valence-electron chi connectivity index (χ0n) is 18.6. The van der Waals surface area contributed by atoms with Gasteiger partial charge in [0.1, 0.15) is 5.75 Å². The summed E-state index contributed by atoms with van der Waals surface area (Å²) in [5.74, 6) is 0.479. The third-order valence-corrected chi connectivity index (χ3v) is 5.41. The fraction of sp³-hybridized carbons (Fsp3) is 0.280. The number of nitrogens with one attached hydrogen (secondary N) is 2. The summed E-state index contributed by atoms with van der Waals surface area (Å²) in [5, 5.41) is 2.89. The molecule has 0 bridgehead atoms. The van der Waals surface area contributed by atoms with E-state index in [1.165, 1.54) is 10.2 Å². The SMILES string of the molecule is COc1ccc(CN)c(CNC(=O)Cc2c(C)ccn(NCCc3ccccc3)c2=O)c1. The molecule has 0 atom stereocenters. The normalized spacial score (nSPS) is 10.6. The Morgan fingerprint density at radius 3 is 2.59 bits per heavy atom. The lowest BCUT2D eigenvalue weighted by atomic mass is 10.1. The Labute approximate surface area is 188 Å². The lowest BCUT2D eigenvalue weighted by Gasteiger charge is -2.14. The summed E-state index contributed by atoms with van der Waals surface area (Å²) in [7, 11) is 1.59. The number of nitrogens with zero attached hydrogens (tertiary/aromatic N) is 1. The van der Waals surface area contributed by atoms with Gasteiger partial charge in [0, 0.05) is 31.4 Å². The second-order valence-electron chi connectivity index (χ2n) is 7.59. The standard InChI is InChI=1S/C25H30N4O3/c1-18-11-13-29(28-12-10-19-6-4-3-5-7-19)25(31)23(18)15-24(30)27-17-21-14-22(32-2)9-8-20(21)16-26/h3-9,11,13-14,28H,10,12,15-17,26H2,1-2H3,(H,27,30). The molecule has 1 amide bonds. The molecule has 168 valence electrons. The average Bonchev–Trinajstić information content (AvgIpc) is 2.82. The molecule has 0 aliphatic carbocycles. The molecular weight excluding hydrogens is 404 g/mol. The van der Waals surface area contributed by atoms with Crippen LogP contribution in [0.2, 0.25) is 0 Å². The predicted molar refractivity (Wildman–Crippen MR) is 126 cm³/mol. The van der Waals surface area contributed by atoms with E-state index in [-0.39, 0.29) is 17.9 Å². The molecule has 7 nitrogen and oxygen atoms in total. The molecule has 0 saturated carbocycles. The number of pyridine rings is 1. The van der Waals surface area contributed by atoms with E-state index in [0.717, 1.165) is 23.1 Å². The van der Waals surface area contributed by atoms with Gasteiger partial charge < -0.3 is 21.2 Å². The fourth-order valence-corrected chi connectivity index (χ4v) is 3.48. The molecule has 0 fully saturated rings. The van der Waals surface area contributed by atoms with E-state index in [1.807, 2.05) is 61.5 Å². The number of rotatable bonds is 10. The predicted octanol–water partition coefficient (Wildman–Crippen LogP) is 2.27. The topological polar surface area (TPSA) is 98.4 Å².